The summed E-state index contributed by atoms with van der Waals surface area (Å²) in [6.45, 7) is 3.62. The van der Waals surface area contributed by atoms with Crippen molar-refractivity contribution in [3.63, 3.8) is 0 Å². The topological polar surface area (TPSA) is 60.2 Å². The predicted octanol–water partition coefficient (Wildman–Crippen LogP) is 1.89. The van der Waals surface area contributed by atoms with Gasteiger partial charge >= 0.3 is 0 Å². The summed E-state index contributed by atoms with van der Waals surface area (Å²) in [5.41, 5.74) is 0.416. The fourth-order valence-electron chi connectivity index (χ4n) is 1.70. The first-order valence-corrected chi connectivity index (χ1v) is 5.94. The molecule has 1 atom stereocenters. The molecule has 1 aromatic heterocycles. The molecule has 0 radical (unpaired) electrons. The number of ether oxygens (including phenoxy) is 1. The molecule has 0 aliphatic rings. The van der Waals surface area contributed by atoms with Crippen molar-refractivity contribution in [2.75, 3.05) is 0 Å². The van der Waals surface area contributed by atoms with Crippen molar-refractivity contribution in [2.45, 2.75) is 26.6 Å². The normalized spacial score (nSPS) is 12.5. The first-order chi connectivity index (χ1) is 8.99. The molecule has 0 bridgehead atoms. The number of hydrogen-bond donors (Lipinski definition) is 1. The summed E-state index contributed by atoms with van der Waals surface area (Å²) >= 11 is 0. The Morgan fingerprint density at radius 3 is 2.74 bits per heavy atom. The molecule has 1 aromatic carbocycles. The quantitative estimate of drug-likeness (QED) is 0.917. The zero-order valence-corrected chi connectivity index (χ0v) is 11.1. The number of rotatable bonds is 4. The van der Waals surface area contributed by atoms with E-state index in [1.165, 1.54) is 18.2 Å². The van der Waals surface area contributed by atoms with Gasteiger partial charge < -0.3 is 14.4 Å². The molecule has 102 valence electrons. The first-order valence-electron chi connectivity index (χ1n) is 5.94. The molecular formula is C13H16FN3O2. The summed E-state index contributed by atoms with van der Waals surface area (Å²) in [6.07, 6.45) is -0.799. The van der Waals surface area contributed by atoms with Gasteiger partial charge in [-0.15, -0.1) is 10.2 Å². The minimum atomic E-state index is -0.799. The lowest BCUT2D eigenvalue weighted by molar-refractivity contribution is 0.188. The molecule has 0 aliphatic carbocycles. The van der Waals surface area contributed by atoms with Crippen LogP contribution in [0.5, 0.6) is 5.75 Å². The number of hydrogen-bond acceptors (Lipinski definition) is 4. The van der Waals surface area contributed by atoms with Gasteiger partial charge in [0.05, 0.1) is 6.10 Å². The Balaban J connectivity index is 2.17. The lowest BCUT2D eigenvalue weighted by Gasteiger charge is -2.13. The van der Waals surface area contributed by atoms with Crippen LogP contribution in [0.25, 0.3) is 0 Å². The van der Waals surface area contributed by atoms with Gasteiger partial charge in [0.25, 0.3) is 0 Å². The molecule has 19 heavy (non-hydrogen) atoms. The van der Waals surface area contributed by atoms with E-state index in [0.717, 1.165) is 5.82 Å². The molecule has 0 saturated heterocycles. The lowest BCUT2D eigenvalue weighted by atomic mass is 10.1. The molecule has 6 heteroatoms. The molecule has 2 rings (SSSR count). The molecule has 0 saturated carbocycles. The van der Waals surface area contributed by atoms with E-state index in [1.54, 1.807) is 6.92 Å². The number of aryl methyl sites for hydroxylation is 1. The van der Waals surface area contributed by atoms with Crippen molar-refractivity contribution in [3.05, 3.63) is 41.2 Å². The summed E-state index contributed by atoms with van der Waals surface area (Å²) in [7, 11) is 1.84. The van der Waals surface area contributed by atoms with Gasteiger partial charge in [-0.05, 0) is 32.0 Å². The van der Waals surface area contributed by atoms with E-state index >= 15 is 0 Å². The minimum absolute atomic E-state index is 0.211. The van der Waals surface area contributed by atoms with Crippen molar-refractivity contribution < 1.29 is 14.2 Å². The lowest BCUT2D eigenvalue weighted by Crippen LogP contribution is -2.06. The molecule has 0 amide bonds. The maximum absolute atomic E-state index is 13.1. The van der Waals surface area contributed by atoms with Crippen LogP contribution in [-0.4, -0.2) is 19.9 Å². The SMILES string of the molecule is Cc1nnc(COc2ccc(F)cc2[C@H](C)O)n1C. The molecule has 0 unspecified atom stereocenters. The molecule has 1 heterocycles. The Labute approximate surface area is 110 Å². The summed E-state index contributed by atoms with van der Waals surface area (Å²) in [4.78, 5) is 0. The van der Waals surface area contributed by atoms with E-state index in [9.17, 15) is 9.50 Å². The zero-order chi connectivity index (χ0) is 14.0. The minimum Gasteiger partial charge on any atom is -0.485 e. The van der Waals surface area contributed by atoms with Crippen LogP contribution in [0.3, 0.4) is 0 Å². The Hall–Kier alpha value is -1.95. The molecule has 0 fully saturated rings. The highest BCUT2D eigenvalue weighted by Gasteiger charge is 2.12. The maximum Gasteiger partial charge on any atom is 0.170 e. The predicted molar refractivity (Wildman–Crippen MR) is 67.1 cm³/mol. The Kier molecular flexibility index (Phi) is 3.80. The summed E-state index contributed by atoms with van der Waals surface area (Å²) in [5, 5.41) is 17.5. The number of nitrogens with zero attached hydrogens (tertiary/aromatic N) is 3. The van der Waals surface area contributed by atoms with E-state index in [4.69, 9.17) is 4.74 Å². The van der Waals surface area contributed by atoms with Crippen molar-refractivity contribution in [1.82, 2.24) is 14.8 Å². The highest BCUT2D eigenvalue weighted by Crippen LogP contribution is 2.26. The van der Waals surface area contributed by atoms with Crippen LogP contribution in [0.1, 0.15) is 30.2 Å². The van der Waals surface area contributed by atoms with Gasteiger partial charge in [0.1, 0.15) is 24.0 Å². The molecule has 2 aromatic rings. The zero-order valence-electron chi connectivity index (χ0n) is 11.1. The second-order valence-corrected chi connectivity index (χ2v) is 4.37. The molecule has 0 aliphatic heterocycles. The smallest absolute Gasteiger partial charge is 0.170 e. The molecule has 0 spiro atoms. The Bertz CT molecular complexity index is 581. The van der Waals surface area contributed by atoms with Crippen LogP contribution in [-0.2, 0) is 13.7 Å². The maximum atomic E-state index is 13.1. The third-order valence-corrected chi connectivity index (χ3v) is 2.96. The van der Waals surface area contributed by atoms with Gasteiger partial charge in [-0.3, -0.25) is 0 Å². The molecule has 1 N–H and O–H groups in total. The van der Waals surface area contributed by atoms with E-state index in [-0.39, 0.29) is 6.61 Å². The third kappa shape index (κ3) is 2.90. The van der Waals surface area contributed by atoms with Crippen molar-refractivity contribution >= 4 is 0 Å². The Morgan fingerprint density at radius 2 is 2.16 bits per heavy atom. The largest absolute Gasteiger partial charge is 0.485 e. The average molecular weight is 265 g/mol. The van der Waals surface area contributed by atoms with Gasteiger partial charge in [-0.2, -0.15) is 0 Å². The second kappa shape index (κ2) is 5.36. The third-order valence-electron chi connectivity index (χ3n) is 2.96. The number of benzene rings is 1. The second-order valence-electron chi connectivity index (χ2n) is 4.37. The number of aromatic nitrogens is 3. The van der Waals surface area contributed by atoms with Crippen LogP contribution < -0.4 is 4.74 Å². The average Bonchev–Trinajstić information content (AvgIpc) is 2.68. The van der Waals surface area contributed by atoms with Crippen LogP contribution in [0.4, 0.5) is 4.39 Å². The van der Waals surface area contributed by atoms with E-state index in [2.05, 4.69) is 10.2 Å². The summed E-state index contributed by atoms with van der Waals surface area (Å²) < 4.78 is 20.5. The van der Waals surface area contributed by atoms with Crippen molar-refractivity contribution in [2.24, 2.45) is 7.05 Å². The van der Waals surface area contributed by atoms with Crippen molar-refractivity contribution in [3.8, 4) is 5.75 Å². The number of aliphatic hydroxyl groups is 1. The fraction of sp³-hybridized carbons (Fsp3) is 0.385. The van der Waals surface area contributed by atoms with Gasteiger partial charge in [-0.25, -0.2) is 4.39 Å². The van der Waals surface area contributed by atoms with Gasteiger partial charge in [-0.1, -0.05) is 0 Å². The molecule has 5 nitrogen and oxygen atoms in total. The van der Waals surface area contributed by atoms with Crippen LogP contribution in [0.15, 0.2) is 18.2 Å². The monoisotopic (exact) mass is 265 g/mol. The standard InChI is InChI=1S/C13H16FN3O2/c1-8(18)11-6-10(14)4-5-12(11)19-7-13-16-15-9(2)17(13)3/h4-6,8,18H,7H2,1-3H3/t8-/m0/s1. The van der Waals surface area contributed by atoms with Crippen LogP contribution in [0, 0.1) is 12.7 Å². The first kappa shape index (κ1) is 13.5. The summed E-state index contributed by atoms with van der Waals surface area (Å²) in [5.74, 6) is 1.49. The van der Waals surface area contributed by atoms with Crippen molar-refractivity contribution in [1.29, 1.82) is 0 Å². The number of halogens is 1. The highest BCUT2D eigenvalue weighted by atomic mass is 19.1. The highest BCUT2D eigenvalue weighted by molar-refractivity contribution is 5.35. The molecular weight excluding hydrogens is 249 g/mol. The summed E-state index contributed by atoms with van der Waals surface area (Å²) in [6, 6.07) is 4.06. The Morgan fingerprint density at radius 1 is 1.42 bits per heavy atom. The number of aliphatic hydroxyl groups excluding tert-OH is 1. The van der Waals surface area contributed by atoms with E-state index in [0.29, 0.717) is 17.1 Å². The van der Waals surface area contributed by atoms with E-state index in [1.807, 2.05) is 18.5 Å². The van der Waals surface area contributed by atoms with Crippen LogP contribution >= 0.6 is 0 Å². The van der Waals surface area contributed by atoms with Gasteiger partial charge in [0.15, 0.2) is 5.82 Å². The van der Waals surface area contributed by atoms with Gasteiger partial charge in [0, 0.05) is 12.6 Å². The fourth-order valence-corrected chi connectivity index (χ4v) is 1.70. The van der Waals surface area contributed by atoms with Gasteiger partial charge in [0.2, 0.25) is 0 Å². The van der Waals surface area contributed by atoms with E-state index < -0.39 is 11.9 Å². The van der Waals surface area contributed by atoms with Crippen LogP contribution in [0.2, 0.25) is 0 Å².